The number of hydrogen-bond donors (Lipinski definition) is 2. The van der Waals surface area contributed by atoms with Crippen molar-refractivity contribution in [2.75, 3.05) is 0 Å². The van der Waals surface area contributed by atoms with Gasteiger partial charge in [-0.2, -0.15) is 0 Å². The number of aliphatic imine (C=N–C) groups is 1. The van der Waals surface area contributed by atoms with Gasteiger partial charge in [-0.15, -0.1) is 11.3 Å². The molecule has 1 aromatic heterocycles. The highest BCUT2D eigenvalue weighted by Crippen LogP contribution is 2.43. The SMILES string of the molecule is NC1=Nc2ccc(Cl)cc2C1(O)c1nccs1. The number of nitrogens with two attached hydrogens (primary N) is 1. The van der Waals surface area contributed by atoms with E-state index in [9.17, 15) is 5.11 Å². The lowest BCUT2D eigenvalue weighted by atomic mass is 9.95. The molecule has 86 valence electrons. The van der Waals surface area contributed by atoms with Crippen LogP contribution in [0.2, 0.25) is 5.02 Å². The molecule has 3 rings (SSSR count). The van der Waals surface area contributed by atoms with E-state index in [0.717, 1.165) is 0 Å². The van der Waals surface area contributed by atoms with E-state index in [1.165, 1.54) is 11.3 Å². The van der Waals surface area contributed by atoms with Crippen LogP contribution in [0, 0.1) is 0 Å². The molecule has 0 spiro atoms. The minimum absolute atomic E-state index is 0.129. The van der Waals surface area contributed by atoms with Crippen LogP contribution < -0.4 is 5.73 Å². The number of hydrogen-bond acceptors (Lipinski definition) is 5. The number of nitrogens with zero attached hydrogens (tertiary/aromatic N) is 2. The number of rotatable bonds is 1. The van der Waals surface area contributed by atoms with Crippen molar-refractivity contribution in [3.8, 4) is 0 Å². The third-order valence-corrected chi connectivity index (χ3v) is 3.82. The average molecular weight is 266 g/mol. The molecule has 0 aliphatic carbocycles. The number of benzene rings is 1. The van der Waals surface area contributed by atoms with Crippen molar-refractivity contribution < 1.29 is 5.11 Å². The molecule has 1 aliphatic heterocycles. The van der Waals surface area contributed by atoms with E-state index in [4.69, 9.17) is 17.3 Å². The Labute approximate surface area is 106 Å². The molecule has 0 saturated carbocycles. The summed E-state index contributed by atoms with van der Waals surface area (Å²) in [5.41, 5.74) is 5.59. The predicted molar refractivity (Wildman–Crippen MR) is 67.8 cm³/mol. The zero-order valence-electron chi connectivity index (χ0n) is 8.59. The highest BCUT2D eigenvalue weighted by Gasteiger charge is 2.44. The van der Waals surface area contributed by atoms with E-state index in [-0.39, 0.29) is 5.84 Å². The molecular weight excluding hydrogens is 258 g/mol. The van der Waals surface area contributed by atoms with Crippen molar-refractivity contribution >= 4 is 34.5 Å². The second kappa shape index (κ2) is 3.53. The fourth-order valence-corrected chi connectivity index (χ4v) is 2.80. The minimum atomic E-state index is -1.45. The summed E-state index contributed by atoms with van der Waals surface area (Å²) in [7, 11) is 0. The van der Waals surface area contributed by atoms with Crippen molar-refractivity contribution in [3.05, 3.63) is 45.4 Å². The number of thiazole rings is 1. The summed E-state index contributed by atoms with van der Waals surface area (Å²) in [5, 5.41) is 13.5. The van der Waals surface area contributed by atoms with Crippen LogP contribution in [-0.4, -0.2) is 15.9 Å². The zero-order valence-corrected chi connectivity index (χ0v) is 10.2. The van der Waals surface area contributed by atoms with Crippen LogP contribution in [-0.2, 0) is 5.60 Å². The summed E-state index contributed by atoms with van der Waals surface area (Å²) in [4.78, 5) is 8.27. The molecular formula is C11H8ClN3OS. The first-order valence-corrected chi connectivity index (χ1v) is 6.15. The average Bonchev–Trinajstić information content (AvgIpc) is 2.90. The van der Waals surface area contributed by atoms with E-state index in [1.807, 2.05) is 0 Å². The lowest BCUT2D eigenvalue weighted by Gasteiger charge is -2.21. The molecule has 6 heteroatoms. The van der Waals surface area contributed by atoms with Crippen LogP contribution >= 0.6 is 22.9 Å². The number of amidine groups is 1. The maximum Gasteiger partial charge on any atom is 0.201 e. The Balaban J connectivity index is 2.27. The molecule has 0 amide bonds. The van der Waals surface area contributed by atoms with Crippen molar-refractivity contribution in [1.82, 2.24) is 4.98 Å². The van der Waals surface area contributed by atoms with Gasteiger partial charge in [0.1, 0.15) is 10.8 Å². The smallest absolute Gasteiger partial charge is 0.201 e. The molecule has 0 saturated heterocycles. The fraction of sp³-hybridized carbons (Fsp3) is 0.0909. The van der Waals surface area contributed by atoms with Gasteiger partial charge in [-0.3, -0.25) is 0 Å². The van der Waals surface area contributed by atoms with E-state index in [1.54, 1.807) is 29.8 Å². The maximum absolute atomic E-state index is 10.7. The normalized spacial score (nSPS) is 22.4. The van der Waals surface area contributed by atoms with E-state index >= 15 is 0 Å². The lowest BCUT2D eigenvalue weighted by Crippen LogP contribution is -2.39. The highest BCUT2D eigenvalue weighted by atomic mass is 35.5. The van der Waals surface area contributed by atoms with Gasteiger partial charge < -0.3 is 10.8 Å². The third kappa shape index (κ3) is 1.40. The predicted octanol–water partition coefficient (Wildman–Crippen LogP) is 2.03. The first kappa shape index (κ1) is 10.7. The number of halogens is 1. The van der Waals surface area contributed by atoms with Crippen molar-refractivity contribution in [2.24, 2.45) is 10.7 Å². The fourth-order valence-electron chi connectivity index (χ4n) is 1.87. The molecule has 2 heterocycles. The van der Waals surface area contributed by atoms with E-state index in [2.05, 4.69) is 9.98 Å². The van der Waals surface area contributed by atoms with Crippen molar-refractivity contribution in [3.63, 3.8) is 0 Å². The Kier molecular flexibility index (Phi) is 2.22. The molecule has 3 N–H and O–H groups in total. The monoisotopic (exact) mass is 265 g/mol. The standard InChI is InChI=1S/C11H8ClN3OS/c12-6-1-2-8-7(5-6)11(16,9(13)15-8)10-14-3-4-17-10/h1-5,16H,(H2,13,15). The Bertz CT molecular complexity index is 611. The van der Waals surface area contributed by atoms with E-state index < -0.39 is 5.60 Å². The van der Waals surface area contributed by atoms with Crippen molar-refractivity contribution in [2.45, 2.75) is 5.60 Å². The zero-order chi connectivity index (χ0) is 12.0. The molecule has 1 aromatic carbocycles. The van der Waals surface area contributed by atoms with Crippen LogP contribution in [0.5, 0.6) is 0 Å². The molecule has 1 unspecified atom stereocenters. The summed E-state index contributed by atoms with van der Waals surface area (Å²) >= 11 is 7.27. The summed E-state index contributed by atoms with van der Waals surface area (Å²) in [6.07, 6.45) is 1.62. The molecule has 0 radical (unpaired) electrons. The van der Waals surface area contributed by atoms with Gasteiger partial charge in [0.15, 0.2) is 0 Å². The molecule has 0 fully saturated rings. The van der Waals surface area contributed by atoms with Crippen LogP contribution in [0.4, 0.5) is 5.69 Å². The Hall–Kier alpha value is -1.43. The third-order valence-electron chi connectivity index (χ3n) is 2.70. The van der Waals surface area contributed by atoms with Gasteiger partial charge >= 0.3 is 0 Å². The summed E-state index contributed by atoms with van der Waals surface area (Å²) in [6.45, 7) is 0. The Morgan fingerprint density at radius 1 is 1.41 bits per heavy atom. The summed E-state index contributed by atoms with van der Waals surface area (Å²) in [5.74, 6) is 0.129. The lowest BCUT2D eigenvalue weighted by molar-refractivity contribution is 0.158. The Morgan fingerprint density at radius 3 is 2.94 bits per heavy atom. The van der Waals surface area contributed by atoms with Crippen molar-refractivity contribution in [1.29, 1.82) is 0 Å². The molecule has 1 atom stereocenters. The van der Waals surface area contributed by atoms with Crippen LogP contribution in [0.3, 0.4) is 0 Å². The number of fused-ring (bicyclic) bond motifs is 1. The van der Waals surface area contributed by atoms with Gasteiger partial charge in [0.2, 0.25) is 5.60 Å². The van der Waals surface area contributed by atoms with Gasteiger partial charge in [-0.05, 0) is 18.2 Å². The Morgan fingerprint density at radius 2 is 2.24 bits per heavy atom. The topological polar surface area (TPSA) is 71.5 Å². The molecule has 1 aliphatic rings. The highest BCUT2D eigenvalue weighted by molar-refractivity contribution is 7.09. The number of aromatic nitrogens is 1. The second-order valence-electron chi connectivity index (χ2n) is 3.71. The van der Waals surface area contributed by atoms with Gasteiger partial charge in [-0.1, -0.05) is 11.6 Å². The van der Waals surface area contributed by atoms with Crippen LogP contribution in [0.1, 0.15) is 10.6 Å². The molecule has 4 nitrogen and oxygen atoms in total. The molecule has 17 heavy (non-hydrogen) atoms. The van der Waals surface area contributed by atoms with E-state index in [0.29, 0.717) is 21.3 Å². The summed E-state index contributed by atoms with van der Waals surface area (Å²) in [6, 6.07) is 5.11. The molecule has 0 bridgehead atoms. The van der Waals surface area contributed by atoms with Gasteiger partial charge in [0.05, 0.1) is 5.69 Å². The maximum atomic E-state index is 10.7. The molecule has 2 aromatic rings. The van der Waals surface area contributed by atoms with Crippen LogP contribution in [0.25, 0.3) is 0 Å². The van der Waals surface area contributed by atoms with Crippen LogP contribution in [0.15, 0.2) is 34.8 Å². The number of aliphatic hydroxyl groups is 1. The first-order valence-electron chi connectivity index (χ1n) is 4.89. The quantitative estimate of drug-likeness (QED) is 0.829. The van der Waals surface area contributed by atoms with Gasteiger partial charge in [-0.25, -0.2) is 9.98 Å². The second-order valence-corrected chi connectivity index (χ2v) is 5.04. The van der Waals surface area contributed by atoms with Gasteiger partial charge in [0, 0.05) is 22.2 Å². The minimum Gasteiger partial charge on any atom is -0.384 e. The van der Waals surface area contributed by atoms with Gasteiger partial charge in [0.25, 0.3) is 0 Å². The largest absolute Gasteiger partial charge is 0.384 e. The first-order chi connectivity index (χ1) is 8.12. The summed E-state index contributed by atoms with van der Waals surface area (Å²) < 4.78 is 0.